The lowest BCUT2D eigenvalue weighted by molar-refractivity contribution is 0.406. The van der Waals surface area contributed by atoms with Crippen molar-refractivity contribution in [3.8, 4) is 5.75 Å². The Labute approximate surface area is 99.1 Å². The molecule has 0 aliphatic heterocycles. The molecule has 0 fully saturated rings. The molecule has 16 heavy (non-hydrogen) atoms. The van der Waals surface area contributed by atoms with Gasteiger partial charge >= 0.3 is 0 Å². The van der Waals surface area contributed by atoms with Gasteiger partial charge in [-0.15, -0.1) is 0 Å². The molecule has 0 saturated heterocycles. The van der Waals surface area contributed by atoms with Gasteiger partial charge in [0, 0.05) is 5.56 Å². The molecular weight excluding hydrogens is 196 g/mol. The maximum Gasteiger partial charge on any atom is 0.126 e. The van der Waals surface area contributed by atoms with Crippen molar-refractivity contribution < 1.29 is 4.74 Å². The van der Waals surface area contributed by atoms with Crippen LogP contribution < -0.4 is 4.74 Å². The van der Waals surface area contributed by atoms with Gasteiger partial charge in [0.2, 0.25) is 0 Å². The minimum Gasteiger partial charge on any atom is -0.496 e. The molecule has 1 nitrogen and oxygen atoms in total. The summed E-state index contributed by atoms with van der Waals surface area (Å²) < 4.78 is 5.33. The van der Waals surface area contributed by atoms with E-state index in [2.05, 4.69) is 45.0 Å². The predicted molar refractivity (Wildman–Crippen MR) is 70.9 cm³/mol. The molecular formula is C15H22O. The van der Waals surface area contributed by atoms with Gasteiger partial charge in [0.15, 0.2) is 0 Å². The zero-order chi connectivity index (χ0) is 12.2. The lowest BCUT2D eigenvalue weighted by Crippen LogP contribution is -2.09. The molecule has 0 bridgehead atoms. The Bertz CT molecular complexity index is 370. The predicted octanol–water partition coefficient (Wildman–Crippen LogP) is 4.32. The highest BCUT2D eigenvalue weighted by Crippen LogP contribution is 2.26. The maximum atomic E-state index is 5.33. The molecule has 0 aliphatic carbocycles. The third kappa shape index (κ3) is 3.73. The molecule has 1 heteroatoms. The third-order valence-corrected chi connectivity index (χ3v) is 2.37. The van der Waals surface area contributed by atoms with Gasteiger partial charge in [-0.05, 0) is 36.5 Å². The molecule has 0 aromatic heterocycles. The average molecular weight is 218 g/mol. The second kappa shape index (κ2) is 5.20. The standard InChI is InChI=1S/C15H22O/c1-6-7-13-10-12(11-15(2,3)4)8-9-14(13)16-5/h6-10H,11H2,1-5H3/b7-6-. The molecule has 0 atom stereocenters. The summed E-state index contributed by atoms with van der Waals surface area (Å²) in [6, 6.07) is 6.41. The molecule has 0 amide bonds. The van der Waals surface area contributed by atoms with Crippen LogP contribution in [0.3, 0.4) is 0 Å². The molecule has 0 spiro atoms. The summed E-state index contributed by atoms with van der Waals surface area (Å²) >= 11 is 0. The van der Waals surface area contributed by atoms with Crippen LogP contribution >= 0.6 is 0 Å². The van der Waals surface area contributed by atoms with Crippen LogP contribution in [-0.2, 0) is 6.42 Å². The molecule has 0 unspecified atom stereocenters. The summed E-state index contributed by atoms with van der Waals surface area (Å²) in [7, 11) is 1.71. The van der Waals surface area contributed by atoms with Gasteiger partial charge in [-0.3, -0.25) is 0 Å². The Morgan fingerprint density at radius 1 is 1.25 bits per heavy atom. The van der Waals surface area contributed by atoms with Crippen molar-refractivity contribution in [3.63, 3.8) is 0 Å². The number of rotatable bonds is 3. The maximum absolute atomic E-state index is 5.33. The summed E-state index contributed by atoms with van der Waals surface area (Å²) in [5.41, 5.74) is 2.84. The van der Waals surface area contributed by atoms with Gasteiger partial charge in [0.25, 0.3) is 0 Å². The molecule has 0 heterocycles. The first kappa shape index (κ1) is 12.8. The average Bonchev–Trinajstić information content (AvgIpc) is 2.16. The molecule has 0 N–H and O–H groups in total. The Morgan fingerprint density at radius 3 is 2.44 bits per heavy atom. The highest BCUT2D eigenvalue weighted by atomic mass is 16.5. The van der Waals surface area contributed by atoms with E-state index in [9.17, 15) is 0 Å². The van der Waals surface area contributed by atoms with E-state index in [-0.39, 0.29) is 0 Å². The van der Waals surface area contributed by atoms with Crippen LogP contribution in [-0.4, -0.2) is 7.11 Å². The van der Waals surface area contributed by atoms with Crippen molar-refractivity contribution in [2.75, 3.05) is 7.11 Å². The van der Waals surface area contributed by atoms with Gasteiger partial charge in [0.1, 0.15) is 5.75 Å². The van der Waals surface area contributed by atoms with Crippen LogP contribution in [0.15, 0.2) is 24.3 Å². The fourth-order valence-electron chi connectivity index (χ4n) is 1.82. The Hall–Kier alpha value is -1.24. The number of methoxy groups -OCH3 is 1. The van der Waals surface area contributed by atoms with Gasteiger partial charge < -0.3 is 4.74 Å². The van der Waals surface area contributed by atoms with Crippen LogP contribution in [0.5, 0.6) is 5.75 Å². The van der Waals surface area contributed by atoms with Crippen molar-refractivity contribution in [2.45, 2.75) is 34.1 Å². The Balaban J connectivity index is 3.02. The summed E-state index contributed by atoms with van der Waals surface area (Å²) in [6.07, 6.45) is 5.21. The molecule has 0 saturated carbocycles. The minimum atomic E-state index is 0.321. The van der Waals surface area contributed by atoms with E-state index in [1.54, 1.807) is 7.11 Å². The van der Waals surface area contributed by atoms with Crippen LogP contribution in [0.25, 0.3) is 6.08 Å². The van der Waals surface area contributed by atoms with E-state index in [1.165, 1.54) is 5.56 Å². The quantitative estimate of drug-likeness (QED) is 0.734. The Morgan fingerprint density at radius 2 is 1.94 bits per heavy atom. The number of allylic oxidation sites excluding steroid dienone is 1. The molecule has 0 radical (unpaired) electrons. The van der Waals surface area contributed by atoms with E-state index in [1.807, 2.05) is 13.0 Å². The van der Waals surface area contributed by atoms with E-state index in [0.717, 1.165) is 17.7 Å². The van der Waals surface area contributed by atoms with Crippen molar-refractivity contribution in [2.24, 2.45) is 5.41 Å². The molecule has 88 valence electrons. The summed E-state index contributed by atoms with van der Waals surface area (Å²) in [4.78, 5) is 0. The van der Waals surface area contributed by atoms with Crippen LogP contribution in [0, 0.1) is 5.41 Å². The number of ether oxygens (including phenoxy) is 1. The number of hydrogen-bond acceptors (Lipinski definition) is 1. The first-order valence-corrected chi connectivity index (χ1v) is 5.76. The second-order valence-corrected chi connectivity index (χ2v) is 5.31. The van der Waals surface area contributed by atoms with Crippen LogP contribution in [0.1, 0.15) is 38.8 Å². The summed E-state index contributed by atoms with van der Waals surface area (Å²) in [6.45, 7) is 8.79. The first-order valence-electron chi connectivity index (χ1n) is 5.76. The molecule has 0 aliphatic rings. The van der Waals surface area contributed by atoms with E-state index in [4.69, 9.17) is 4.74 Å². The summed E-state index contributed by atoms with van der Waals surface area (Å²) in [5.74, 6) is 0.941. The van der Waals surface area contributed by atoms with Crippen LogP contribution in [0.2, 0.25) is 0 Å². The zero-order valence-corrected chi connectivity index (χ0v) is 11.0. The van der Waals surface area contributed by atoms with E-state index < -0.39 is 0 Å². The van der Waals surface area contributed by atoms with Crippen molar-refractivity contribution in [1.29, 1.82) is 0 Å². The van der Waals surface area contributed by atoms with Gasteiger partial charge in [0.05, 0.1) is 7.11 Å². The van der Waals surface area contributed by atoms with E-state index in [0.29, 0.717) is 5.41 Å². The van der Waals surface area contributed by atoms with Crippen molar-refractivity contribution >= 4 is 6.08 Å². The number of benzene rings is 1. The minimum absolute atomic E-state index is 0.321. The highest BCUT2D eigenvalue weighted by Gasteiger charge is 2.12. The Kier molecular flexibility index (Phi) is 4.17. The molecule has 1 aromatic carbocycles. The first-order chi connectivity index (χ1) is 7.46. The highest BCUT2D eigenvalue weighted by molar-refractivity contribution is 5.58. The fraction of sp³-hybridized carbons (Fsp3) is 0.467. The van der Waals surface area contributed by atoms with Crippen molar-refractivity contribution in [3.05, 3.63) is 35.4 Å². The second-order valence-electron chi connectivity index (χ2n) is 5.31. The van der Waals surface area contributed by atoms with Gasteiger partial charge in [-0.1, -0.05) is 39.0 Å². The fourth-order valence-corrected chi connectivity index (χ4v) is 1.82. The lowest BCUT2D eigenvalue weighted by Gasteiger charge is -2.18. The monoisotopic (exact) mass is 218 g/mol. The van der Waals surface area contributed by atoms with E-state index >= 15 is 0 Å². The zero-order valence-electron chi connectivity index (χ0n) is 11.0. The normalized spacial score (nSPS) is 12.1. The van der Waals surface area contributed by atoms with Gasteiger partial charge in [-0.2, -0.15) is 0 Å². The summed E-state index contributed by atoms with van der Waals surface area (Å²) in [5, 5.41) is 0. The van der Waals surface area contributed by atoms with Gasteiger partial charge in [-0.25, -0.2) is 0 Å². The van der Waals surface area contributed by atoms with Crippen LogP contribution in [0.4, 0.5) is 0 Å². The third-order valence-electron chi connectivity index (χ3n) is 2.37. The van der Waals surface area contributed by atoms with Crippen molar-refractivity contribution in [1.82, 2.24) is 0 Å². The largest absolute Gasteiger partial charge is 0.496 e. The SMILES string of the molecule is C/C=C\c1cc(CC(C)(C)C)ccc1OC. The smallest absolute Gasteiger partial charge is 0.126 e. The molecule has 1 aromatic rings. The molecule has 1 rings (SSSR count). The topological polar surface area (TPSA) is 9.23 Å². The lowest BCUT2D eigenvalue weighted by atomic mass is 9.87. The number of hydrogen-bond donors (Lipinski definition) is 0.